The molecule has 0 aliphatic carbocycles. The zero-order valence-electron chi connectivity index (χ0n) is 57.6. The van der Waals surface area contributed by atoms with E-state index in [0.717, 1.165) is 80.1 Å². The monoisotopic (exact) mass is 1390 g/mol. The van der Waals surface area contributed by atoms with E-state index in [1.807, 2.05) is 60.7 Å². The maximum atomic E-state index is 14.0. The zero-order chi connectivity index (χ0) is 72.3. The third-order valence-corrected chi connectivity index (χ3v) is 17.1. The van der Waals surface area contributed by atoms with Crippen molar-refractivity contribution < 1.29 is 67.1 Å². The number of ketones is 2. The highest BCUT2D eigenvalue weighted by Crippen LogP contribution is 2.26. The summed E-state index contributed by atoms with van der Waals surface area (Å²) in [5.41, 5.74) is 29.5. The smallest absolute Gasteiger partial charge is 0.242 e. The van der Waals surface area contributed by atoms with Gasteiger partial charge in [-0.15, -0.1) is 11.8 Å². The van der Waals surface area contributed by atoms with Crippen LogP contribution in [0, 0.1) is 0 Å². The van der Waals surface area contributed by atoms with E-state index in [1.165, 1.54) is 43.2 Å². The second-order valence-corrected chi connectivity index (χ2v) is 25.5. The minimum atomic E-state index is -0.692. The van der Waals surface area contributed by atoms with Gasteiger partial charge < -0.3 is 73.5 Å². The standard InChI is InChI=1S/C37H57N9O6.C32H53N5O8S/c38-17-7-10-20-42(30-47)26-34(49)43(21-11-8-18-39)28-37(52)46(24-32-15-5-2-6-16-32)29-35(50)44(22-12-9-19-40)27-36(51)45(25-33(41)48)23-31-13-3-1-4-14-31;1-25(39)35-24-27(41)14-19-37-31(44)23-28(32(37)45)46-22-15-29(42)34-17-9-4-6-12-26(40)11-5-2-3-7-13-30(43)36(20-21-38)18-10-8-16-33/h1-6,13-16,30H,7-12,17-29,38-40H2,(H2,41,48);21,28H,2-20,22-24,33H2,1H3,(H,34,42)(H,35,39). The number of carbonyl (C=O) groups is 14. The molecule has 1 saturated heterocycles. The summed E-state index contributed by atoms with van der Waals surface area (Å²) < 4.78 is 0. The third kappa shape index (κ3) is 38.8. The number of primary amides is 1. The zero-order valence-corrected chi connectivity index (χ0v) is 58.5. The molecular formula is C69H110N14O14S. The SMILES string of the molecule is CC(=O)NCC(=O)CCN1C(=O)CC(SCCC(=O)NCCCCCC(=O)CCCCCCC(=O)N(CC=O)CCCCN)C1=O.NCCCCN(C=O)CC(=O)N(CCCCN)CC(=O)N(CC(=O)N(CCCCN)CC(=O)N(CC(N)=O)Cc1ccccc1)Cc1ccccc1. The van der Waals surface area contributed by atoms with Crippen molar-refractivity contribution >= 4 is 95.1 Å². The molecule has 546 valence electrons. The first-order valence-corrected chi connectivity index (χ1v) is 35.4. The second-order valence-electron chi connectivity index (χ2n) is 24.1. The Morgan fingerprint density at radius 1 is 0.510 bits per heavy atom. The summed E-state index contributed by atoms with van der Waals surface area (Å²) in [5, 5.41) is 4.68. The van der Waals surface area contributed by atoms with Crippen LogP contribution in [-0.4, -0.2) is 240 Å². The largest absolute Gasteiger partial charge is 0.368 e. The lowest BCUT2D eigenvalue weighted by molar-refractivity contribution is -0.147. The van der Waals surface area contributed by atoms with Gasteiger partial charge in [-0.05, 0) is 114 Å². The lowest BCUT2D eigenvalue weighted by Gasteiger charge is -2.31. The number of Topliss-reactive ketones (excluding diaryl/α,β-unsaturated/α-hetero) is 2. The van der Waals surface area contributed by atoms with Crippen LogP contribution in [0.5, 0.6) is 0 Å². The number of likely N-dealkylation sites (tertiary alicyclic amines) is 1. The minimum Gasteiger partial charge on any atom is -0.368 e. The van der Waals surface area contributed by atoms with Crippen molar-refractivity contribution in [3.8, 4) is 0 Å². The predicted molar refractivity (Wildman–Crippen MR) is 374 cm³/mol. The van der Waals surface area contributed by atoms with Crippen LogP contribution < -0.4 is 39.3 Å². The summed E-state index contributed by atoms with van der Waals surface area (Å²) in [5.74, 6) is -3.34. The minimum absolute atomic E-state index is 0.00930. The second kappa shape index (κ2) is 53.0. The summed E-state index contributed by atoms with van der Waals surface area (Å²) in [6.45, 7) is 3.57. The van der Waals surface area contributed by atoms with Crippen molar-refractivity contribution in [3.63, 3.8) is 0 Å². The molecule has 28 nitrogen and oxygen atoms in total. The molecule has 0 radical (unpaired) electrons. The maximum absolute atomic E-state index is 14.0. The molecule has 1 atom stereocenters. The Morgan fingerprint density at radius 2 is 0.980 bits per heavy atom. The number of rotatable bonds is 55. The van der Waals surface area contributed by atoms with Crippen molar-refractivity contribution in [2.24, 2.45) is 28.7 Å². The fraction of sp³-hybridized carbons (Fsp3) is 0.623. The average Bonchev–Trinajstić information content (AvgIpc) is 1.66. The lowest BCUT2D eigenvalue weighted by atomic mass is 10.0. The molecular weight excluding hydrogens is 1280 g/mol. The van der Waals surface area contributed by atoms with Crippen molar-refractivity contribution in [3.05, 3.63) is 71.8 Å². The summed E-state index contributed by atoms with van der Waals surface area (Å²) in [7, 11) is 0. The summed E-state index contributed by atoms with van der Waals surface area (Å²) in [6, 6.07) is 18.2. The van der Waals surface area contributed by atoms with Gasteiger partial charge in [0.25, 0.3) is 0 Å². The topological polar surface area (TPSA) is 416 Å². The number of nitrogens with one attached hydrogen (secondary N) is 2. The molecule has 0 bridgehead atoms. The van der Waals surface area contributed by atoms with Gasteiger partial charge in [-0.3, -0.25) is 67.2 Å². The Kier molecular flexibility index (Phi) is 46.6. The van der Waals surface area contributed by atoms with Crippen molar-refractivity contribution in [2.75, 3.05) is 117 Å². The van der Waals surface area contributed by atoms with Crippen LogP contribution in [-0.2, 0) is 80.2 Å². The highest BCUT2D eigenvalue weighted by atomic mass is 32.2. The van der Waals surface area contributed by atoms with E-state index < -0.39 is 34.8 Å². The molecule has 1 aliphatic rings. The van der Waals surface area contributed by atoms with Gasteiger partial charge >= 0.3 is 0 Å². The predicted octanol–water partition coefficient (Wildman–Crippen LogP) is 1.55. The van der Waals surface area contributed by atoms with E-state index in [0.29, 0.717) is 116 Å². The van der Waals surface area contributed by atoms with Crippen LogP contribution >= 0.6 is 11.8 Å². The molecule has 12 N–H and O–H groups in total. The molecule has 0 aromatic heterocycles. The number of carbonyl (C=O) groups excluding carboxylic acids is 14. The Balaban J connectivity index is 0.000000672. The average molecular weight is 1390 g/mol. The van der Waals surface area contributed by atoms with Crippen molar-refractivity contribution in [2.45, 2.75) is 160 Å². The molecule has 0 spiro atoms. The van der Waals surface area contributed by atoms with Gasteiger partial charge in [0.1, 0.15) is 18.6 Å². The van der Waals surface area contributed by atoms with Crippen LogP contribution in [0.4, 0.5) is 0 Å². The number of amides is 11. The van der Waals surface area contributed by atoms with Crippen molar-refractivity contribution in [1.29, 1.82) is 0 Å². The first kappa shape index (κ1) is 86.1. The third-order valence-electron chi connectivity index (χ3n) is 15.9. The molecule has 29 heteroatoms. The van der Waals surface area contributed by atoms with Gasteiger partial charge in [0.15, 0.2) is 5.78 Å². The first-order valence-electron chi connectivity index (χ1n) is 34.4. The van der Waals surface area contributed by atoms with Gasteiger partial charge in [0.2, 0.25) is 65.5 Å². The van der Waals surface area contributed by atoms with Gasteiger partial charge in [-0.2, -0.15) is 0 Å². The fourth-order valence-corrected chi connectivity index (χ4v) is 11.4. The Labute approximate surface area is 582 Å². The van der Waals surface area contributed by atoms with Gasteiger partial charge in [0, 0.05) is 104 Å². The number of nitrogens with zero attached hydrogens (tertiary/aromatic N) is 7. The molecule has 1 fully saturated rings. The highest BCUT2D eigenvalue weighted by molar-refractivity contribution is 8.00. The number of hydrogen-bond donors (Lipinski definition) is 7. The number of benzene rings is 2. The fourth-order valence-electron chi connectivity index (χ4n) is 10.3. The van der Waals surface area contributed by atoms with E-state index in [4.69, 9.17) is 28.7 Å². The van der Waals surface area contributed by atoms with E-state index in [9.17, 15) is 67.1 Å². The number of unbranched alkanes of at least 4 members (excludes halogenated alkanes) is 9. The van der Waals surface area contributed by atoms with Gasteiger partial charge in [-0.25, -0.2) is 0 Å². The van der Waals surface area contributed by atoms with Crippen LogP contribution in [0.2, 0.25) is 0 Å². The molecule has 0 saturated carbocycles. The normalized spacial score (nSPS) is 12.4. The molecule has 11 amide bonds. The van der Waals surface area contributed by atoms with E-state index in [2.05, 4.69) is 10.6 Å². The molecule has 1 unspecified atom stereocenters. The molecule has 1 aliphatic heterocycles. The Morgan fingerprint density at radius 3 is 1.48 bits per heavy atom. The number of imide groups is 1. The summed E-state index contributed by atoms with van der Waals surface area (Å²) in [4.78, 5) is 183. The van der Waals surface area contributed by atoms with Crippen molar-refractivity contribution in [1.82, 2.24) is 44.9 Å². The number of nitrogens with two attached hydrogens (primary N) is 5. The Hall–Kier alpha value is -7.99. The molecule has 3 rings (SSSR count). The summed E-state index contributed by atoms with van der Waals surface area (Å²) >= 11 is 1.26. The number of aldehydes is 1. The highest BCUT2D eigenvalue weighted by Gasteiger charge is 2.39. The quantitative estimate of drug-likeness (QED) is 0.0281. The number of thioether (sulfide) groups is 1. The van der Waals surface area contributed by atoms with E-state index in [-0.39, 0.29) is 139 Å². The van der Waals surface area contributed by atoms with Crippen LogP contribution in [0.1, 0.15) is 153 Å². The lowest BCUT2D eigenvalue weighted by Crippen LogP contribution is -2.51. The van der Waals surface area contributed by atoms with Gasteiger partial charge in [-0.1, -0.05) is 79.9 Å². The first-order chi connectivity index (χ1) is 47.2. The summed E-state index contributed by atoms with van der Waals surface area (Å²) in [6.07, 6.45) is 13.9. The number of hydrogen-bond acceptors (Lipinski definition) is 19. The molecule has 1 heterocycles. The Bertz CT molecular complexity index is 2770. The van der Waals surface area contributed by atoms with Gasteiger partial charge in [0.05, 0.1) is 44.5 Å². The molecule has 2 aromatic carbocycles. The van der Waals surface area contributed by atoms with E-state index in [1.54, 1.807) is 4.90 Å². The maximum Gasteiger partial charge on any atom is 0.242 e. The molecule has 2 aromatic rings. The van der Waals surface area contributed by atoms with Crippen LogP contribution in [0.3, 0.4) is 0 Å². The van der Waals surface area contributed by atoms with Crippen LogP contribution in [0.25, 0.3) is 0 Å². The van der Waals surface area contributed by atoms with Crippen LogP contribution in [0.15, 0.2) is 60.7 Å². The van der Waals surface area contributed by atoms with E-state index >= 15 is 0 Å². The molecule has 98 heavy (non-hydrogen) atoms.